The zero-order valence-electron chi connectivity index (χ0n) is 17.0. The number of aryl methyl sites for hydroxylation is 1. The molecular formula is C21H35NaO3S. The number of benzene rings is 1. The number of rotatable bonds is 14. The molecule has 144 valence electrons. The Morgan fingerprint density at radius 3 is 1.88 bits per heavy atom. The van der Waals surface area contributed by atoms with Crippen LogP contribution in [0.25, 0.3) is 0 Å². The monoisotopic (exact) mass is 390 g/mol. The molecule has 1 aromatic rings. The SMILES string of the molecule is CCCCCCCCCCC(CC)CCc1ccc(S(=O)(=O)[O-])cc1.[Na+]. The van der Waals surface area contributed by atoms with E-state index >= 15 is 0 Å². The van der Waals surface area contributed by atoms with Crippen molar-refractivity contribution < 1.29 is 42.5 Å². The Balaban J connectivity index is 0.00000625. The first-order chi connectivity index (χ1) is 12.0. The van der Waals surface area contributed by atoms with Crippen molar-refractivity contribution in [3.8, 4) is 0 Å². The second kappa shape index (κ2) is 15.1. The van der Waals surface area contributed by atoms with Crippen LogP contribution in [-0.2, 0) is 16.5 Å². The maximum Gasteiger partial charge on any atom is 1.00 e. The van der Waals surface area contributed by atoms with Gasteiger partial charge in [-0.2, -0.15) is 0 Å². The van der Waals surface area contributed by atoms with Crippen molar-refractivity contribution in [2.75, 3.05) is 0 Å². The summed E-state index contributed by atoms with van der Waals surface area (Å²) >= 11 is 0. The average Bonchev–Trinajstić information content (AvgIpc) is 2.59. The summed E-state index contributed by atoms with van der Waals surface area (Å²) in [4.78, 5) is -0.137. The zero-order chi connectivity index (χ0) is 18.5. The fourth-order valence-corrected chi connectivity index (χ4v) is 3.78. The fourth-order valence-electron chi connectivity index (χ4n) is 3.31. The van der Waals surface area contributed by atoms with Gasteiger partial charge in [0, 0.05) is 0 Å². The zero-order valence-corrected chi connectivity index (χ0v) is 19.8. The van der Waals surface area contributed by atoms with Crippen molar-refractivity contribution in [2.24, 2.45) is 5.92 Å². The van der Waals surface area contributed by atoms with Crippen molar-refractivity contribution in [1.29, 1.82) is 0 Å². The van der Waals surface area contributed by atoms with Crippen molar-refractivity contribution >= 4 is 10.1 Å². The second-order valence-corrected chi connectivity index (χ2v) is 8.55. The van der Waals surface area contributed by atoms with Crippen molar-refractivity contribution in [3.05, 3.63) is 29.8 Å². The van der Waals surface area contributed by atoms with Crippen LogP contribution in [0, 0.1) is 5.92 Å². The Morgan fingerprint density at radius 2 is 1.38 bits per heavy atom. The van der Waals surface area contributed by atoms with E-state index in [4.69, 9.17) is 0 Å². The molecule has 1 aromatic carbocycles. The van der Waals surface area contributed by atoms with E-state index in [2.05, 4.69) is 13.8 Å². The van der Waals surface area contributed by atoms with Gasteiger partial charge in [-0.15, -0.1) is 0 Å². The Kier molecular flexibility index (Phi) is 15.2. The van der Waals surface area contributed by atoms with E-state index in [-0.39, 0.29) is 34.5 Å². The summed E-state index contributed by atoms with van der Waals surface area (Å²) in [5.41, 5.74) is 1.11. The minimum absolute atomic E-state index is 0. The first kappa shape index (κ1) is 26.1. The summed E-state index contributed by atoms with van der Waals surface area (Å²) in [7, 11) is -4.33. The average molecular weight is 391 g/mol. The minimum atomic E-state index is -4.33. The molecule has 26 heavy (non-hydrogen) atoms. The number of unbranched alkanes of at least 4 members (excludes halogenated alkanes) is 7. The molecule has 0 aliphatic rings. The van der Waals surface area contributed by atoms with Gasteiger partial charge in [0.25, 0.3) is 0 Å². The molecule has 0 N–H and O–H groups in total. The predicted octanol–water partition coefficient (Wildman–Crippen LogP) is 3.08. The Bertz CT molecular complexity index is 555. The van der Waals surface area contributed by atoms with E-state index in [1.54, 1.807) is 12.1 Å². The molecule has 0 aromatic heterocycles. The molecule has 1 unspecified atom stereocenters. The molecule has 0 aliphatic heterocycles. The van der Waals surface area contributed by atoms with Crippen LogP contribution in [0.2, 0.25) is 0 Å². The molecule has 0 saturated heterocycles. The molecule has 0 spiro atoms. The summed E-state index contributed by atoms with van der Waals surface area (Å²) in [5.74, 6) is 0.739. The molecule has 0 radical (unpaired) electrons. The summed E-state index contributed by atoms with van der Waals surface area (Å²) < 4.78 is 32.8. The molecule has 1 atom stereocenters. The molecule has 5 heteroatoms. The summed E-state index contributed by atoms with van der Waals surface area (Å²) in [5, 5.41) is 0. The maximum atomic E-state index is 10.9. The van der Waals surface area contributed by atoms with Crippen LogP contribution in [0.5, 0.6) is 0 Å². The van der Waals surface area contributed by atoms with Gasteiger partial charge in [0.05, 0.1) is 4.90 Å². The molecule has 1 rings (SSSR count). The van der Waals surface area contributed by atoms with Gasteiger partial charge in [-0.25, -0.2) is 8.42 Å². The summed E-state index contributed by atoms with van der Waals surface area (Å²) in [6.45, 7) is 4.51. The molecule has 0 aliphatic carbocycles. The van der Waals surface area contributed by atoms with Crippen molar-refractivity contribution in [3.63, 3.8) is 0 Å². The van der Waals surface area contributed by atoms with E-state index in [0.717, 1.165) is 24.3 Å². The third-order valence-corrected chi connectivity index (χ3v) is 5.95. The van der Waals surface area contributed by atoms with Gasteiger partial charge in [-0.1, -0.05) is 90.2 Å². The van der Waals surface area contributed by atoms with Gasteiger partial charge in [-0.3, -0.25) is 0 Å². The normalized spacial score (nSPS) is 12.6. The second-order valence-electron chi connectivity index (χ2n) is 7.17. The van der Waals surface area contributed by atoms with E-state index in [1.165, 1.54) is 76.3 Å². The molecule has 0 heterocycles. The van der Waals surface area contributed by atoms with Crippen molar-refractivity contribution in [1.82, 2.24) is 0 Å². The minimum Gasteiger partial charge on any atom is -0.744 e. The molecule has 3 nitrogen and oxygen atoms in total. The quantitative estimate of drug-likeness (QED) is 0.279. The molecule has 0 saturated carbocycles. The van der Waals surface area contributed by atoms with E-state index < -0.39 is 10.1 Å². The van der Waals surface area contributed by atoms with Crippen LogP contribution < -0.4 is 29.6 Å². The topological polar surface area (TPSA) is 57.2 Å². The predicted molar refractivity (Wildman–Crippen MR) is 104 cm³/mol. The smallest absolute Gasteiger partial charge is 0.744 e. The third kappa shape index (κ3) is 11.8. The third-order valence-electron chi connectivity index (χ3n) is 5.10. The van der Waals surface area contributed by atoms with Gasteiger partial charge in [0.15, 0.2) is 0 Å². The van der Waals surface area contributed by atoms with E-state index in [9.17, 15) is 13.0 Å². The van der Waals surface area contributed by atoms with Crippen LogP contribution >= 0.6 is 0 Å². The van der Waals surface area contributed by atoms with Crippen LogP contribution in [0.3, 0.4) is 0 Å². The first-order valence-corrected chi connectivity index (χ1v) is 11.4. The largest absolute Gasteiger partial charge is 1.00 e. The fraction of sp³-hybridized carbons (Fsp3) is 0.714. The van der Waals surface area contributed by atoms with Crippen molar-refractivity contribution in [2.45, 2.75) is 95.8 Å². The van der Waals surface area contributed by atoms with Crippen LogP contribution in [-0.4, -0.2) is 13.0 Å². The summed E-state index contributed by atoms with van der Waals surface area (Å²) in [6, 6.07) is 6.40. The van der Waals surface area contributed by atoms with Gasteiger partial charge in [0.1, 0.15) is 10.1 Å². The Hall–Kier alpha value is 0.130. The number of hydrogen-bond donors (Lipinski definition) is 0. The molecule has 0 bridgehead atoms. The maximum absolute atomic E-state index is 10.9. The van der Waals surface area contributed by atoms with Gasteiger partial charge < -0.3 is 4.55 Å². The molecular weight excluding hydrogens is 355 g/mol. The molecule has 0 amide bonds. The molecule has 0 fully saturated rings. The summed E-state index contributed by atoms with van der Waals surface area (Å²) in [6.07, 6.45) is 15.5. The van der Waals surface area contributed by atoms with Gasteiger partial charge in [-0.05, 0) is 36.5 Å². The van der Waals surface area contributed by atoms with E-state index in [1.807, 2.05) is 0 Å². The first-order valence-electron chi connectivity index (χ1n) is 10.0. The van der Waals surface area contributed by atoms with Crippen LogP contribution in [0.4, 0.5) is 0 Å². The number of hydrogen-bond acceptors (Lipinski definition) is 3. The Labute approximate surface area is 183 Å². The van der Waals surface area contributed by atoms with Crippen LogP contribution in [0.1, 0.15) is 90.0 Å². The van der Waals surface area contributed by atoms with Gasteiger partial charge >= 0.3 is 29.6 Å². The standard InChI is InChI=1S/C21H36O3S.Na/c1-3-5-6-7-8-9-10-11-12-19(4-2)13-14-20-15-17-21(18-16-20)25(22,23)24;/h15-19H,3-14H2,1-2H3,(H,22,23,24);/q;+1/p-1. The van der Waals surface area contributed by atoms with E-state index in [0.29, 0.717) is 0 Å². The Morgan fingerprint density at radius 1 is 0.846 bits per heavy atom. The van der Waals surface area contributed by atoms with Crippen LogP contribution in [0.15, 0.2) is 29.2 Å². The van der Waals surface area contributed by atoms with Gasteiger partial charge in [0.2, 0.25) is 0 Å².